The highest BCUT2D eigenvalue weighted by atomic mass is 32.2. The van der Waals surface area contributed by atoms with Gasteiger partial charge in [0, 0.05) is 17.4 Å². The molecule has 1 heterocycles. The zero-order chi connectivity index (χ0) is 14.4. The Balaban J connectivity index is 1.80. The van der Waals surface area contributed by atoms with Crippen LogP contribution in [0.2, 0.25) is 0 Å². The molecular weight excluding hydrogens is 277 g/mol. The van der Waals surface area contributed by atoms with Crippen LogP contribution in [0.4, 0.5) is 4.39 Å². The summed E-state index contributed by atoms with van der Waals surface area (Å²) in [6.45, 7) is 1.98. The fraction of sp³-hybridized carbons (Fsp3) is 0.429. The predicted molar refractivity (Wildman–Crippen MR) is 76.8 cm³/mol. The average molecular weight is 295 g/mol. The molecule has 1 atom stereocenters. The molecule has 1 aromatic heterocycles. The van der Waals surface area contributed by atoms with Gasteiger partial charge in [-0.1, -0.05) is 11.2 Å². The summed E-state index contributed by atoms with van der Waals surface area (Å²) in [6, 6.07) is 6.66. The smallest absolute Gasteiger partial charge is 0.226 e. The molecule has 0 saturated carbocycles. The van der Waals surface area contributed by atoms with Gasteiger partial charge in [-0.25, -0.2) is 4.39 Å². The molecule has 6 heteroatoms. The van der Waals surface area contributed by atoms with Crippen LogP contribution in [0, 0.1) is 5.82 Å². The van der Waals surface area contributed by atoms with E-state index in [9.17, 15) is 4.39 Å². The molecule has 108 valence electrons. The van der Waals surface area contributed by atoms with Crippen molar-refractivity contribution in [1.29, 1.82) is 0 Å². The van der Waals surface area contributed by atoms with Crippen molar-refractivity contribution in [1.82, 2.24) is 10.1 Å². The number of benzene rings is 1. The third kappa shape index (κ3) is 4.94. The number of hydrogen-bond acceptors (Lipinski definition) is 5. The lowest BCUT2D eigenvalue weighted by Gasteiger charge is -2.00. The van der Waals surface area contributed by atoms with E-state index in [0.29, 0.717) is 17.5 Å². The van der Waals surface area contributed by atoms with Gasteiger partial charge < -0.3 is 10.3 Å². The Morgan fingerprint density at radius 1 is 1.45 bits per heavy atom. The first kappa shape index (κ1) is 15.0. The van der Waals surface area contributed by atoms with Gasteiger partial charge in [0.2, 0.25) is 5.89 Å². The summed E-state index contributed by atoms with van der Waals surface area (Å²) >= 11 is 1.48. The van der Waals surface area contributed by atoms with Gasteiger partial charge in [-0.2, -0.15) is 4.98 Å². The van der Waals surface area contributed by atoms with Crippen molar-refractivity contribution >= 4 is 11.8 Å². The summed E-state index contributed by atoms with van der Waals surface area (Å²) in [4.78, 5) is 5.17. The molecule has 1 unspecified atom stereocenters. The van der Waals surface area contributed by atoms with Crippen LogP contribution in [-0.2, 0) is 12.2 Å². The van der Waals surface area contributed by atoms with Crippen molar-refractivity contribution in [3.05, 3.63) is 41.8 Å². The quantitative estimate of drug-likeness (QED) is 0.795. The maximum Gasteiger partial charge on any atom is 0.226 e. The second-order valence-corrected chi connectivity index (χ2v) is 5.77. The lowest BCUT2D eigenvalue weighted by Crippen LogP contribution is -2.14. The van der Waals surface area contributed by atoms with Crippen LogP contribution in [0.25, 0.3) is 0 Å². The predicted octanol–water partition coefficient (Wildman–Crippen LogP) is 3.17. The zero-order valence-electron chi connectivity index (χ0n) is 11.4. The molecule has 2 aromatic rings. The fourth-order valence-corrected chi connectivity index (χ4v) is 2.51. The zero-order valence-corrected chi connectivity index (χ0v) is 12.2. The molecule has 0 fully saturated rings. The van der Waals surface area contributed by atoms with Crippen LogP contribution in [0.1, 0.15) is 31.5 Å². The highest BCUT2D eigenvalue weighted by Gasteiger charge is 2.07. The van der Waals surface area contributed by atoms with Gasteiger partial charge in [0.25, 0.3) is 0 Å². The molecule has 0 amide bonds. The van der Waals surface area contributed by atoms with Crippen molar-refractivity contribution in [3.63, 3.8) is 0 Å². The van der Waals surface area contributed by atoms with Crippen LogP contribution in [-0.4, -0.2) is 16.2 Å². The van der Waals surface area contributed by atoms with Crippen molar-refractivity contribution in [2.24, 2.45) is 5.73 Å². The molecule has 2 N–H and O–H groups in total. The van der Waals surface area contributed by atoms with Gasteiger partial charge in [0.15, 0.2) is 5.82 Å². The second-order valence-electron chi connectivity index (χ2n) is 4.72. The van der Waals surface area contributed by atoms with Crippen molar-refractivity contribution in [2.45, 2.75) is 42.9 Å². The van der Waals surface area contributed by atoms with E-state index >= 15 is 0 Å². The van der Waals surface area contributed by atoms with Gasteiger partial charge in [0.05, 0.1) is 5.75 Å². The molecule has 0 aliphatic rings. The number of rotatable bonds is 7. The Hall–Kier alpha value is -1.40. The minimum absolute atomic E-state index is 0.195. The summed E-state index contributed by atoms with van der Waals surface area (Å²) in [5.41, 5.74) is 5.69. The number of nitrogens with zero attached hydrogens (tertiary/aromatic N) is 2. The van der Waals surface area contributed by atoms with E-state index in [0.717, 1.165) is 24.2 Å². The van der Waals surface area contributed by atoms with E-state index in [4.69, 9.17) is 10.3 Å². The molecule has 2 rings (SSSR count). The van der Waals surface area contributed by atoms with Crippen molar-refractivity contribution in [2.75, 3.05) is 0 Å². The first-order valence-corrected chi connectivity index (χ1v) is 7.57. The van der Waals surface area contributed by atoms with E-state index in [2.05, 4.69) is 10.1 Å². The third-order valence-corrected chi connectivity index (χ3v) is 3.71. The molecule has 1 aromatic carbocycles. The molecule has 0 spiro atoms. The Morgan fingerprint density at radius 3 is 3.05 bits per heavy atom. The summed E-state index contributed by atoms with van der Waals surface area (Å²) < 4.78 is 18.2. The van der Waals surface area contributed by atoms with Gasteiger partial charge in [0.1, 0.15) is 5.82 Å². The minimum atomic E-state index is -0.236. The largest absolute Gasteiger partial charge is 0.339 e. The monoisotopic (exact) mass is 295 g/mol. The number of halogens is 1. The molecule has 0 aliphatic carbocycles. The summed E-state index contributed by atoms with van der Waals surface area (Å²) in [5.74, 6) is 1.61. The van der Waals surface area contributed by atoms with E-state index < -0.39 is 0 Å². The number of aromatic nitrogens is 2. The lowest BCUT2D eigenvalue weighted by atomic mass is 10.1. The van der Waals surface area contributed by atoms with Crippen LogP contribution in [0.3, 0.4) is 0 Å². The van der Waals surface area contributed by atoms with Crippen LogP contribution < -0.4 is 5.73 Å². The number of nitrogens with two attached hydrogens (primary N) is 1. The molecule has 0 radical (unpaired) electrons. The first-order valence-electron chi connectivity index (χ1n) is 6.59. The number of thioether (sulfide) groups is 1. The van der Waals surface area contributed by atoms with Gasteiger partial charge in [-0.15, -0.1) is 11.8 Å². The Kier molecular flexibility index (Phi) is 5.55. The van der Waals surface area contributed by atoms with Crippen LogP contribution >= 0.6 is 11.8 Å². The SMILES string of the molecule is CC(N)CCCc1nc(CSc2cccc(F)c2)no1. The highest BCUT2D eigenvalue weighted by Crippen LogP contribution is 2.22. The summed E-state index contributed by atoms with van der Waals surface area (Å²) in [6.07, 6.45) is 2.63. The fourth-order valence-electron chi connectivity index (χ4n) is 1.73. The van der Waals surface area contributed by atoms with E-state index in [1.54, 1.807) is 6.07 Å². The number of aryl methyl sites for hydroxylation is 1. The maximum absolute atomic E-state index is 13.0. The van der Waals surface area contributed by atoms with Gasteiger partial charge in [-0.3, -0.25) is 0 Å². The van der Waals surface area contributed by atoms with Crippen LogP contribution in [0.15, 0.2) is 33.7 Å². The summed E-state index contributed by atoms with van der Waals surface area (Å²) in [5, 5.41) is 3.92. The first-order chi connectivity index (χ1) is 9.63. The van der Waals surface area contributed by atoms with Gasteiger partial charge >= 0.3 is 0 Å². The molecular formula is C14H18FN3OS. The van der Waals surface area contributed by atoms with Gasteiger partial charge in [-0.05, 0) is 38.0 Å². The molecule has 4 nitrogen and oxygen atoms in total. The topological polar surface area (TPSA) is 64.9 Å². The maximum atomic E-state index is 13.0. The van der Waals surface area contributed by atoms with Crippen molar-refractivity contribution in [3.8, 4) is 0 Å². The molecule has 0 aliphatic heterocycles. The lowest BCUT2D eigenvalue weighted by molar-refractivity contribution is 0.369. The Morgan fingerprint density at radius 2 is 2.30 bits per heavy atom. The Labute approximate surface area is 121 Å². The highest BCUT2D eigenvalue weighted by molar-refractivity contribution is 7.98. The minimum Gasteiger partial charge on any atom is -0.339 e. The Bertz CT molecular complexity index is 545. The molecule has 20 heavy (non-hydrogen) atoms. The third-order valence-electron chi connectivity index (χ3n) is 2.72. The normalized spacial score (nSPS) is 12.6. The second kappa shape index (κ2) is 7.40. The van der Waals surface area contributed by atoms with Crippen molar-refractivity contribution < 1.29 is 8.91 Å². The van der Waals surface area contributed by atoms with E-state index in [1.165, 1.54) is 23.9 Å². The summed E-state index contributed by atoms with van der Waals surface area (Å²) in [7, 11) is 0. The molecule has 0 saturated heterocycles. The standard InChI is InChI=1S/C14H18FN3OS/c1-10(16)4-2-7-14-17-13(18-19-14)9-20-12-6-3-5-11(15)8-12/h3,5-6,8,10H,2,4,7,9,16H2,1H3. The number of hydrogen-bond donors (Lipinski definition) is 1. The average Bonchev–Trinajstić information content (AvgIpc) is 2.84. The van der Waals surface area contributed by atoms with E-state index in [-0.39, 0.29) is 11.9 Å². The van der Waals surface area contributed by atoms with E-state index in [1.807, 2.05) is 13.0 Å². The van der Waals surface area contributed by atoms with Crippen LogP contribution in [0.5, 0.6) is 0 Å². The molecule has 0 bridgehead atoms.